The monoisotopic (exact) mass is 568 g/mol. The molecule has 2 aromatic carbocycles. The fraction of sp³-hybridized carbons (Fsp3) is 0.192. The standard InChI is InChI=1S/C26H20N2O5S4/c1-2-32-23(31)26(15-36-24-27-18(13-34-24)16-9-5-3-6-10-16)21(20(29)22(30)33-26)37-25-28-19(14-35-25)17-11-7-4-8-12-17/h3-14,21H,2,15H2,1H3. The largest absolute Gasteiger partial charge is 0.463 e. The van der Waals surface area contributed by atoms with Gasteiger partial charge in [-0.2, -0.15) is 0 Å². The molecule has 0 saturated carbocycles. The molecule has 1 aliphatic heterocycles. The van der Waals surface area contributed by atoms with Crippen LogP contribution in [0, 0.1) is 0 Å². The molecule has 37 heavy (non-hydrogen) atoms. The topological polar surface area (TPSA) is 95.5 Å². The van der Waals surface area contributed by atoms with Crippen molar-refractivity contribution < 1.29 is 23.9 Å². The number of aromatic nitrogens is 2. The number of nitrogens with zero attached hydrogens (tertiary/aromatic N) is 2. The van der Waals surface area contributed by atoms with Gasteiger partial charge in [-0.15, -0.1) is 22.7 Å². The molecule has 0 spiro atoms. The molecule has 11 heteroatoms. The zero-order valence-corrected chi connectivity index (χ0v) is 22.8. The van der Waals surface area contributed by atoms with Gasteiger partial charge in [0, 0.05) is 21.9 Å². The Morgan fingerprint density at radius 3 is 2.11 bits per heavy atom. The molecule has 0 amide bonds. The van der Waals surface area contributed by atoms with E-state index in [-0.39, 0.29) is 12.4 Å². The van der Waals surface area contributed by atoms with Crippen molar-refractivity contribution in [2.24, 2.45) is 0 Å². The van der Waals surface area contributed by atoms with E-state index >= 15 is 0 Å². The van der Waals surface area contributed by atoms with Crippen molar-refractivity contribution in [1.29, 1.82) is 0 Å². The number of ether oxygens (including phenoxy) is 2. The smallest absolute Gasteiger partial charge is 0.377 e. The van der Waals surface area contributed by atoms with E-state index in [1.165, 1.54) is 34.4 Å². The Kier molecular flexibility index (Phi) is 7.75. The van der Waals surface area contributed by atoms with E-state index in [1.54, 1.807) is 6.92 Å². The van der Waals surface area contributed by atoms with Crippen LogP contribution in [0.1, 0.15) is 6.92 Å². The van der Waals surface area contributed by atoms with E-state index in [9.17, 15) is 14.4 Å². The number of rotatable bonds is 9. The van der Waals surface area contributed by atoms with Crippen LogP contribution in [0.25, 0.3) is 22.5 Å². The van der Waals surface area contributed by atoms with Gasteiger partial charge in [-0.3, -0.25) is 4.79 Å². The molecule has 4 aromatic rings. The summed E-state index contributed by atoms with van der Waals surface area (Å²) in [5.74, 6) is -2.59. The third kappa shape index (κ3) is 5.35. The second-order valence-electron chi connectivity index (χ2n) is 7.88. The molecular weight excluding hydrogens is 549 g/mol. The SMILES string of the molecule is CCOC(=O)C1(CSc2nc(-c3ccccc3)cs2)OC(=O)C(=O)C1Sc1nc(-c2ccccc2)cs1. The molecule has 7 nitrogen and oxygen atoms in total. The van der Waals surface area contributed by atoms with Crippen LogP contribution in [0.2, 0.25) is 0 Å². The number of carbonyl (C=O) groups is 3. The number of carbonyl (C=O) groups excluding carboxylic acids is 3. The van der Waals surface area contributed by atoms with Gasteiger partial charge in [0.05, 0.1) is 23.7 Å². The van der Waals surface area contributed by atoms with Gasteiger partial charge < -0.3 is 9.47 Å². The van der Waals surface area contributed by atoms with Gasteiger partial charge >= 0.3 is 11.9 Å². The van der Waals surface area contributed by atoms with Crippen molar-refractivity contribution >= 4 is 63.9 Å². The second-order valence-corrected chi connectivity index (χ2v) is 12.2. The molecule has 188 valence electrons. The lowest BCUT2D eigenvalue weighted by molar-refractivity contribution is -0.171. The van der Waals surface area contributed by atoms with Gasteiger partial charge in [0.25, 0.3) is 5.78 Å². The van der Waals surface area contributed by atoms with Crippen molar-refractivity contribution in [2.75, 3.05) is 12.4 Å². The van der Waals surface area contributed by atoms with Crippen LogP contribution in [0.15, 0.2) is 80.1 Å². The predicted molar refractivity (Wildman–Crippen MR) is 146 cm³/mol. The zero-order chi connectivity index (χ0) is 25.8. The molecule has 1 fully saturated rings. The molecule has 0 aliphatic carbocycles. The van der Waals surface area contributed by atoms with E-state index < -0.39 is 28.6 Å². The maximum Gasteiger partial charge on any atom is 0.377 e. The highest BCUT2D eigenvalue weighted by Crippen LogP contribution is 2.44. The van der Waals surface area contributed by atoms with Crippen LogP contribution in [-0.4, -0.2) is 50.9 Å². The number of hydrogen-bond acceptors (Lipinski definition) is 11. The molecule has 0 radical (unpaired) electrons. The zero-order valence-electron chi connectivity index (χ0n) is 19.5. The fourth-order valence-electron chi connectivity index (χ4n) is 3.69. The van der Waals surface area contributed by atoms with Gasteiger partial charge in [0.15, 0.2) is 8.68 Å². The average Bonchev–Trinajstić information content (AvgIpc) is 3.65. The minimum absolute atomic E-state index is 0.0142. The maximum atomic E-state index is 13.2. The highest BCUT2D eigenvalue weighted by Gasteiger charge is 2.62. The summed E-state index contributed by atoms with van der Waals surface area (Å²) in [5.41, 5.74) is 1.66. The van der Waals surface area contributed by atoms with Crippen molar-refractivity contribution in [2.45, 2.75) is 26.5 Å². The lowest BCUT2D eigenvalue weighted by Crippen LogP contribution is -2.50. The van der Waals surface area contributed by atoms with E-state index in [1.807, 2.05) is 71.4 Å². The van der Waals surface area contributed by atoms with Crippen LogP contribution in [0.4, 0.5) is 0 Å². The van der Waals surface area contributed by atoms with E-state index in [4.69, 9.17) is 9.47 Å². The number of benzene rings is 2. The number of cyclic esters (lactones) is 1. The first-order valence-electron chi connectivity index (χ1n) is 11.3. The van der Waals surface area contributed by atoms with Crippen molar-refractivity contribution in [3.05, 3.63) is 71.4 Å². The van der Waals surface area contributed by atoms with E-state index in [0.717, 1.165) is 34.3 Å². The minimum atomic E-state index is -1.79. The molecule has 2 aromatic heterocycles. The maximum absolute atomic E-state index is 13.2. The summed E-state index contributed by atoms with van der Waals surface area (Å²) in [6.45, 7) is 1.75. The van der Waals surface area contributed by atoms with Crippen LogP contribution in [-0.2, 0) is 23.9 Å². The van der Waals surface area contributed by atoms with Gasteiger partial charge in [-0.25, -0.2) is 19.6 Å². The van der Waals surface area contributed by atoms with Gasteiger partial charge in [-0.05, 0) is 6.92 Å². The number of ketones is 1. The molecule has 2 atom stereocenters. The molecule has 0 bridgehead atoms. The van der Waals surface area contributed by atoms with Crippen LogP contribution in [0.3, 0.4) is 0 Å². The number of Topliss-reactive ketones (excluding diaryl/α,β-unsaturated/α-hetero) is 1. The van der Waals surface area contributed by atoms with Crippen LogP contribution >= 0.6 is 46.2 Å². The quantitative estimate of drug-likeness (QED) is 0.145. The Morgan fingerprint density at radius 1 is 0.946 bits per heavy atom. The number of hydrogen-bond donors (Lipinski definition) is 0. The van der Waals surface area contributed by atoms with Gasteiger partial charge in [0.2, 0.25) is 5.60 Å². The normalized spacial score (nSPS) is 19.1. The Morgan fingerprint density at radius 2 is 1.51 bits per heavy atom. The molecule has 5 rings (SSSR count). The van der Waals surface area contributed by atoms with Crippen LogP contribution in [0.5, 0.6) is 0 Å². The Labute approximate surface area is 229 Å². The molecule has 1 aliphatic rings. The summed E-state index contributed by atoms with van der Waals surface area (Å²) in [4.78, 5) is 47.9. The van der Waals surface area contributed by atoms with Crippen molar-refractivity contribution in [3.8, 4) is 22.5 Å². The minimum Gasteiger partial charge on any atom is -0.463 e. The summed E-state index contributed by atoms with van der Waals surface area (Å²) >= 11 is 5.07. The first-order valence-corrected chi connectivity index (χ1v) is 14.9. The first kappa shape index (κ1) is 25.7. The summed E-state index contributed by atoms with van der Waals surface area (Å²) in [6, 6.07) is 19.4. The second kappa shape index (κ2) is 11.2. The Balaban J connectivity index is 1.41. The van der Waals surface area contributed by atoms with Crippen molar-refractivity contribution in [1.82, 2.24) is 9.97 Å². The summed E-state index contributed by atoms with van der Waals surface area (Å²) in [7, 11) is 0. The fourth-order valence-corrected chi connectivity index (χ4v) is 7.97. The van der Waals surface area contributed by atoms with Gasteiger partial charge in [0.1, 0.15) is 5.25 Å². The highest BCUT2D eigenvalue weighted by atomic mass is 32.2. The summed E-state index contributed by atoms with van der Waals surface area (Å²) < 4.78 is 12.0. The van der Waals surface area contributed by atoms with E-state index in [2.05, 4.69) is 9.97 Å². The Hall–Kier alpha value is -2.99. The number of thiazole rings is 2. The lowest BCUT2D eigenvalue weighted by Gasteiger charge is -2.28. The summed E-state index contributed by atoms with van der Waals surface area (Å²) in [6.07, 6.45) is 0. The molecule has 1 saturated heterocycles. The summed E-state index contributed by atoms with van der Waals surface area (Å²) in [5, 5.41) is 2.67. The third-order valence-electron chi connectivity index (χ3n) is 5.49. The molecule has 3 heterocycles. The third-order valence-corrected chi connectivity index (χ3v) is 10.0. The van der Waals surface area contributed by atoms with Crippen molar-refractivity contribution in [3.63, 3.8) is 0 Å². The number of esters is 2. The first-order chi connectivity index (χ1) is 18.0. The van der Waals surface area contributed by atoms with E-state index in [0.29, 0.717) is 8.68 Å². The van der Waals surface area contributed by atoms with Crippen LogP contribution < -0.4 is 0 Å². The van der Waals surface area contributed by atoms with Gasteiger partial charge in [-0.1, -0.05) is 84.2 Å². The molecule has 2 unspecified atom stereocenters. The molecule has 0 N–H and O–H groups in total. The molecular formula is C26H20N2O5S4. The lowest BCUT2D eigenvalue weighted by atomic mass is 10.0. The highest BCUT2D eigenvalue weighted by molar-refractivity contribution is 8.03. The predicted octanol–water partition coefficient (Wildman–Crippen LogP) is 5.61. The number of thioether (sulfide) groups is 2. The average molecular weight is 569 g/mol. The Bertz CT molecular complexity index is 1420.